The molecule has 1 fully saturated rings. The predicted molar refractivity (Wildman–Crippen MR) is 60.4 cm³/mol. The van der Waals surface area contributed by atoms with E-state index in [-0.39, 0.29) is 0 Å². The molecule has 1 heteroatoms. The Morgan fingerprint density at radius 1 is 1.21 bits per heavy atom. The Balaban J connectivity index is 2.04. The van der Waals surface area contributed by atoms with Gasteiger partial charge in [-0.25, -0.2) is 0 Å². The summed E-state index contributed by atoms with van der Waals surface area (Å²) in [6.45, 7) is 8.06. The largest absolute Gasteiger partial charge is 0.349 e. The van der Waals surface area contributed by atoms with Crippen LogP contribution in [0.25, 0.3) is 0 Å². The first-order chi connectivity index (χ1) is 6.66. The van der Waals surface area contributed by atoms with Gasteiger partial charge in [0.15, 0.2) is 0 Å². The van der Waals surface area contributed by atoms with E-state index in [1.165, 1.54) is 37.2 Å². The third kappa shape index (κ3) is 1.87. The van der Waals surface area contributed by atoms with Crippen LogP contribution in [0.15, 0.2) is 12.1 Å². The van der Waals surface area contributed by atoms with Gasteiger partial charge >= 0.3 is 0 Å². The number of nitrogens with zero attached hydrogens (tertiary/aromatic N) is 1. The second kappa shape index (κ2) is 3.80. The second-order valence-electron chi connectivity index (χ2n) is 5.01. The molecule has 1 aliphatic rings. The number of rotatable bonds is 2. The molecule has 0 spiro atoms. The number of aromatic nitrogens is 1. The van der Waals surface area contributed by atoms with Crippen LogP contribution in [-0.4, -0.2) is 4.57 Å². The summed E-state index contributed by atoms with van der Waals surface area (Å²) in [5.74, 6) is 1.88. The first-order valence-electron chi connectivity index (χ1n) is 5.79. The van der Waals surface area contributed by atoms with E-state index < -0.39 is 0 Å². The summed E-state index contributed by atoms with van der Waals surface area (Å²) < 4.78 is 2.47. The summed E-state index contributed by atoms with van der Waals surface area (Å²) in [7, 11) is 0. The molecule has 0 bridgehead atoms. The smallest absolute Gasteiger partial charge is 0.0253 e. The zero-order valence-corrected chi connectivity index (χ0v) is 9.59. The molecule has 1 nitrogen and oxygen atoms in total. The third-order valence-corrected chi connectivity index (χ3v) is 3.66. The van der Waals surface area contributed by atoms with Crippen LogP contribution in [0, 0.1) is 25.7 Å². The van der Waals surface area contributed by atoms with Gasteiger partial charge in [0.05, 0.1) is 0 Å². The molecule has 2 atom stereocenters. The second-order valence-corrected chi connectivity index (χ2v) is 5.01. The van der Waals surface area contributed by atoms with E-state index in [1.807, 2.05) is 0 Å². The molecular formula is C13H21N. The van der Waals surface area contributed by atoms with Crippen molar-refractivity contribution < 1.29 is 0 Å². The lowest BCUT2D eigenvalue weighted by atomic mass is 10.1. The molecule has 0 amide bonds. The molecule has 1 saturated carbocycles. The van der Waals surface area contributed by atoms with Crippen LogP contribution >= 0.6 is 0 Å². The van der Waals surface area contributed by atoms with Crippen LogP contribution in [0.4, 0.5) is 0 Å². The number of hydrogen-bond acceptors (Lipinski definition) is 0. The molecule has 1 heterocycles. The van der Waals surface area contributed by atoms with E-state index in [4.69, 9.17) is 0 Å². The minimum atomic E-state index is 0.926. The SMILES string of the molecule is Cc1ccc(C)n1CC1CCC(C)C1. The van der Waals surface area contributed by atoms with Gasteiger partial charge in [-0.3, -0.25) is 0 Å². The predicted octanol–water partition coefficient (Wildman–Crippen LogP) is 3.54. The highest BCUT2D eigenvalue weighted by atomic mass is 15.0. The molecular weight excluding hydrogens is 170 g/mol. The van der Waals surface area contributed by atoms with E-state index >= 15 is 0 Å². The average molecular weight is 191 g/mol. The third-order valence-electron chi connectivity index (χ3n) is 3.66. The van der Waals surface area contributed by atoms with Crippen molar-refractivity contribution >= 4 is 0 Å². The summed E-state index contributed by atoms with van der Waals surface area (Å²) in [6, 6.07) is 4.46. The van der Waals surface area contributed by atoms with Gasteiger partial charge in [0.1, 0.15) is 0 Å². The maximum absolute atomic E-state index is 2.47. The van der Waals surface area contributed by atoms with Gasteiger partial charge in [-0.1, -0.05) is 13.3 Å². The molecule has 0 saturated heterocycles. The minimum absolute atomic E-state index is 0.926. The highest BCUT2D eigenvalue weighted by Crippen LogP contribution is 2.32. The zero-order chi connectivity index (χ0) is 10.1. The highest BCUT2D eigenvalue weighted by molar-refractivity contribution is 5.13. The molecule has 1 aliphatic carbocycles. The Morgan fingerprint density at radius 3 is 2.36 bits per heavy atom. The Morgan fingerprint density at radius 2 is 1.86 bits per heavy atom. The maximum atomic E-state index is 2.47. The van der Waals surface area contributed by atoms with Crippen LogP contribution in [0.2, 0.25) is 0 Å². The fourth-order valence-corrected chi connectivity index (χ4v) is 2.74. The summed E-state index contributed by atoms with van der Waals surface area (Å²) in [4.78, 5) is 0. The lowest BCUT2D eigenvalue weighted by Gasteiger charge is -2.14. The minimum Gasteiger partial charge on any atom is -0.349 e. The van der Waals surface area contributed by atoms with Gasteiger partial charge in [0.25, 0.3) is 0 Å². The molecule has 0 N–H and O–H groups in total. The van der Waals surface area contributed by atoms with Crippen molar-refractivity contribution in [2.75, 3.05) is 0 Å². The van der Waals surface area contributed by atoms with Crippen LogP contribution in [0.1, 0.15) is 37.6 Å². The van der Waals surface area contributed by atoms with E-state index in [2.05, 4.69) is 37.5 Å². The summed E-state index contributed by atoms with van der Waals surface area (Å²) in [6.07, 6.45) is 4.29. The van der Waals surface area contributed by atoms with Gasteiger partial charge in [0.2, 0.25) is 0 Å². The molecule has 2 unspecified atom stereocenters. The molecule has 14 heavy (non-hydrogen) atoms. The van der Waals surface area contributed by atoms with Gasteiger partial charge in [0, 0.05) is 17.9 Å². The van der Waals surface area contributed by atoms with Crippen molar-refractivity contribution in [1.82, 2.24) is 4.57 Å². The molecule has 0 radical (unpaired) electrons. The standard InChI is InChI=1S/C13H21N/c1-10-4-7-13(8-10)9-14-11(2)5-6-12(14)3/h5-6,10,13H,4,7-9H2,1-3H3. The van der Waals surface area contributed by atoms with Crippen LogP contribution < -0.4 is 0 Å². The first-order valence-corrected chi connectivity index (χ1v) is 5.79. The van der Waals surface area contributed by atoms with E-state index in [0.29, 0.717) is 0 Å². The normalized spacial score (nSPS) is 27.1. The van der Waals surface area contributed by atoms with Crippen molar-refractivity contribution in [3.63, 3.8) is 0 Å². The average Bonchev–Trinajstić information content (AvgIpc) is 2.67. The van der Waals surface area contributed by atoms with Gasteiger partial charge in [-0.15, -0.1) is 0 Å². The van der Waals surface area contributed by atoms with Gasteiger partial charge < -0.3 is 4.57 Å². The summed E-state index contributed by atoms with van der Waals surface area (Å²) in [5.41, 5.74) is 2.84. The van der Waals surface area contributed by atoms with Crippen molar-refractivity contribution in [3.8, 4) is 0 Å². The Labute approximate surface area is 87.1 Å². The number of aryl methyl sites for hydroxylation is 2. The van der Waals surface area contributed by atoms with E-state index in [9.17, 15) is 0 Å². The fourth-order valence-electron chi connectivity index (χ4n) is 2.74. The molecule has 0 aliphatic heterocycles. The van der Waals surface area contributed by atoms with Crippen molar-refractivity contribution in [1.29, 1.82) is 0 Å². The Bertz CT molecular complexity index is 292. The zero-order valence-electron chi connectivity index (χ0n) is 9.59. The summed E-state index contributed by atoms with van der Waals surface area (Å²) in [5, 5.41) is 0. The topological polar surface area (TPSA) is 4.93 Å². The Hall–Kier alpha value is -0.720. The first kappa shape index (κ1) is 9.82. The quantitative estimate of drug-likeness (QED) is 0.674. The molecule has 1 aromatic rings. The summed E-state index contributed by atoms with van der Waals surface area (Å²) >= 11 is 0. The van der Waals surface area contributed by atoms with Crippen LogP contribution in [-0.2, 0) is 6.54 Å². The van der Waals surface area contributed by atoms with Gasteiger partial charge in [-0.2, -0.15) is 0 Å². The van der Waals surface area contributed by atoms with E-state index in [1.54, 1.807) is 0 Å². The monoisotopic (exact) mass is 191 g/mol. The fraction of sp³-hybridized carbons (Fsp3) is 0.692. The molecule has 1 aromatic heterocycles. The van der Waals surface area contributed by atoms with Crippen LogP contribution in [0.3, 0.4) is 0 Å². The van der Waals surface area contributed by atoms with E-state index in [0.717, 1.165) is 11.8 Å². The lowest BCUT2D eigenvalue weighted by Crippen LogP contribution is -2.10. The molecule has 0 aromatic carbocycles. The van der Waals surface area contributed by atoms with Crippen molar-refractivity contribution in [2.45, 2.75) is 46.6 Å². The van der Waals surface area contributed by atoms with Crippen molar-refractivity contribution in [3.05, 3.63) is 23.5 Å². The molecule has 2 rings (SSSR count). The number of hydrogen-bond donors (Lipinski definition) is 0. The maximum Gasteiger partial charge on any atom is 0.0253 e. The lowest BCUT2D eigenvalue weighted by molar-refractivity contribution is 0.433. The highest BCUT2D eigenvalue weighted by Gasteiger charge is 2.21. The van der Waals surface area contributed by atoms with Gasteiger partial charge in [-0.05, 0) is 50.7 Å². The van der Waals surface area contributed by atoms with Crippen molar-refractivity contribution in [2.24, 2.45) is 11.8 Å². The Kier molecular flexibility index (Phi) is 2.66. The van der Waals surface area contributed by atoms with Crippen LogP contribution in [0.5, 0.6) is 0 Å². The molecule has 78 valence electrons.